The molecule has 0 aliphatic carbocycles. The van der Waals surface area contributed by atoms with Crippen molar-refractivity contribution in [1.82, 2.24) is 9.88 Å². The van der Waals surface area contributed by atoms with Gasteiger partial charge in [0.15, 0.2) is 5.78 Å². The van der Waals surface area contributed by atoms with E-state index in [2.05, 4.69) is 10.3 Å². The van der Waals surface area contributed by atoms with E-state index in [1.54, 1.807) is 43.5 Å². The Bertz CT molecular complexity index is 1590. The fourth-order valence-corrected chi connectivity index (χ4v) is 5.92. The molecule has 1 aliphatic heterocycles. The second-order valence-electron chi connectivity index (χ2n) is 9.06. The number of ketones is 1. The summed E-state index contributed by atoms with van der Waals surface area (Å²) in [6, 6.07) is 11.7. The number of Topliss-reactive ketones (excluding diaryl/α,β-unsaturated/α-hetero) is 1. The molecule has 10 heteroatoms. The number of methoxy groups -OCH3 is 1. The van der Waals surface area contributed by atoms with Crippen molar-refractivity contribution in [3.63, 3.8) is 0 Å². The van der Waals surface area contributed by atoms with Gasteiger partial charge in [0, 0.05) is 33.7 Å². The van der Waals surface area contributed by atoms with E-state index in [1.165, 1.54) is 18.3 Å². The molecule has 2 aromatic heterocycles. The van der Waals surface area contributed by atoms with E-state index in [0.29, 0.717) is 28.0 Å². The molecule has 2 aromatic carbocycles. The summed E-state index contributed by atoms with van der Waals surface area (Å²) in [5.74, 6) is -3.53. The molecule has 0 unspecified atom stereocenters. The van der Waals surface area contributed by atoms with E-state index in [0.717, 1.165) is 26.1 Å². The number of fused-ring (bicyclic) bond motifs is 2. The lowest BCUT2D eigenvalue weighted by Gasteiger charge is -2.38. The number of benzene rings is 2. The zero-order valence-electron chi connectivity index (χ0n) is 20.4. The van der Waals surface area contributed by atoms with E-state index >= 15 is 0 Å². The summed E-state index contributed by atoms with van der Waals surface area (Å²) in [6.45, 7) is 2.47. The Morgan fingerprint density at radius 2 is 1.86 bits per heavy atom. The summed E-state index contributed by atoms with van der Waals surface area (Å²) in [5.41, 5.74) is 2.90. The highest BCUT2D eigenvalue weighted by Gasteiger charge is 2.46. The number of halogens is 2. The number of ether oxygens (including phenoxy) is 1. The number of rotatable bonds is 6. The van der Waals surface area contributed by atoms with Crippen LogP contribution in [0.3, 0.4) is 0 Å². The Balaban J connectivity index is 1.46. The van der Waals surface area contributed by atoms with Gasteiger partial charge in [-0.2, -0.15) is 0 Å². The second-order valence-corrected chi connectivity index (χ2v) is 10.1. The number of alkyl halides is 2. The molecular weight excluding hydrogens is 500 g/mol. The fraction of sp³-hybridized carbons (Fsp3) is 0.259. The maximum absolute atomic E-state index is 13.3. The first-order chi connectivity index (χ1) is 17.6. The Hall–Kier alpha value is -3.76. The SMILES string of the molecule is COCc1ccc(C(C)=O)c2sc(C(=O)Nc3ccc4c(C(=O)N5CC(F)(F)C5)cccc4n3)c(C)c12. The Kier molecular flexibility index (Phi) is 6.25. The van der Waals surface area contributed by atoms with Gasteiger partial charge < -0.3 is 15.0 Å². The third kappa shape index (κ3) is 4.47. The van der Waals surface area contributed by atoms with Gasteiger partial charge in [-0.1, -0.05) is 12.1 Å². The maximum Gasteiger partial charge on any atom is 0.282 e. The monoisotopic (exact) mass is 523 g/mol. The molecule has 2 amide bonds. The van der Waals surface area contributed by atoms with E-state index in [9.17, 15) is 23.2 Å². The number of aryl methyl sites for hydroxylation is 1. The third-order valence-electron chi connectivity index (χ3n) is 6.38. The number of hydrogen-bond acceptors (Lipinski definition) is 6. The largest absolute Gasteiger partial charge is 0.380 e. The molecule has 0 saturated carbocycles. The van der Waals surface area contributed by atoms with E-state index in [1.807, 2.05) is 13.0 Å². The molecule has 0 radical (unpaired) electrons. The molecule has 0 spiro atoms. The molecule has 7 nitrogen and oxygen atoms in total. The summed E-state index contributed by atoms with van der Waals surface area (Å²) in [7, 11) is 1.59. The predicted molar refractivity (Wildman–Crippen MR) is 138 cm³/mol. The van der Waals surface area contributed by atoms with Crippen LogP contribution in [0.2, 0.25) is 0 Å². The number of carbonyl (C=O) groups is 3. The van der Waals surface area contributed by atoms with Gasteiger partial charge in [-0.3, -0.25) is 14.4 Å². The lowest BCUT2D eigenvalue weighted by atomic mass is 10.0. The summed E-state index contributed by atoms with van der Waals surface area (Å²) in [4.78, 5) is 44.2. The van der Waals surface area contributed by atoms with Crippen molar-refractivity contribution >= 4 is 55.7 Å². The van der Waals surface area contributed by atoms with E-state index in [-0.39, 0.29) is 23.1 Å². The first-order valence-corrected chi connectivity index (χ1v) is 12.3. The molecule has 0 atom stereocenters. The summed E-state index contributed by atoms with van der Waals surface area (Å²) < 4.78 is 32.5. The number of hydrogen-bond donors (Lipinski definition) is 1. The standard InChI is InChI=1S/C27H23F2N3O4S/c1-14-22-16(11-36-3)7-8-17(15(2)33)24(22)37-23(14)25(34)31-21-10-9-18-19(5-4-6-20(18)30-21)26(35)32-12-27(28,29)13-32/h4-10H,11-13H2,1-3H3,(H,30,31,34). The molecule has 4 aromatic rings. The average Bonchev–Trinajstić information content (AvgIpc) is 3.19. The predicted octanol–water partition coefficient (Wildman–Crippen LogP) is 5.45. The van der Waals surface area contributed by atoms with Crippen molar-refractivity contribution in [3.8, 4) is 0 Å². The highest BCUT2D eigenvalue weighted by atomic mass is 32.1. The molecule has 3 heterocycles. The molecular formula is C27H23F2N3O4S. The molecule has 1 N–H and O–H groups in total. The topological polar surface area (TPSA) is 88.6 Å². The molecule has 1 aliphatic rings. The van der Waals surface area contributed by atoms with Gasteiger partial charge in [-0.05, 0) is 55.3 Å². The van der Waals surface area contributed by atoms with Crippen LogP contribution in [0, 0.1) is 6.92 Å². The molecule has 190 valence electrons. The van der Waals surface area contributed by atoms with Crippen molar-refractivity contribution < 1.29 is 27.9 Å². The zero-order chi connectivity index (χ0) is 26.5. The number of amides is 2. The van der Waals surface area contributed by atoms with Crippen molar-refractivity contribution in [1.29, 1.82) is 0 Å². The number of nitrogens with zero attached hydrogens (tertiary/aromatic N) is 2. The van der Waals surface area contributed by atoms with Crippen molar-refractivity contribution in [2.24, 2.45) is 0 Å². The Labute approximate surface area is 215 Å². The summed E-state index contributed by atoms with van der Waals surface area (Å²) in [6.07, 6.45) is 0. The van der Waals surface area contributed by atoms with Gasteiger partial charge >= 0.3 is 0 Å². The Morgan fingerprint density at radius 3 is 2.54 bits per heavy atom. The van der Waals surface area contributed by atoms with Crippen LogP contribution >= 0.6 is 11.3 Å². The summed E-state index contributed by atoms with van der Waals surface area (Å²) in [5, 5.41) is 4.14. The van der Waals surface area contributed by atoms with Crippen LogP contribution in [-0.2, 0) is 11.3 Å². The average molecular weight is 524 g/mol. The first-order valence-electron chi connectivity index (χ1n) is 11.5. The minimum atomic E-state index is -2.85. The van der Waals surface area contributed by atoms with Gasteiger partial charge in [-0.25, -0.2) is 13.8 Å². The number of likely N-dealkylation sites (tertiary alicyclic amines) is 1. The number of pyridine rings is 1. The molecule has 1 fully saturated rings. The van der Waals surface area contributed by atoms with Gasteiger partial charge in [0.25, 0.3) is 17.7 Å². The van der Waals surface area contributed by atoms with Crippen LogP contribution in [0.4, 0.5) is 14.6 Å². The molecule has 5 rings (SSSR count). The smallest absolute Gasteiger partial charge is 0.282 e. The molecule has 0 bridgehead atoms. The van der Waals surface area contributed by atoms with Gasteiger partial charge in [0.05, 0.1) is 30.1 Å². The van der Waals surface area contributed by atoms with Crippen molar-refractivity contribution in [3.05, 3.63) is 69.6 Å². The number of nitrogens with one attached hydrogen (secondary N) is 1. The Morgan fingerprint density at radius 1 is 1.11 bits per heavy atom. The number of anilines is 1. The lowest BCUT2D eigenvalue weighted by molar-refractivity contribution is -0.113. The van der Waals surface area contributed by atoms with Crippen LogP contribution < -0.4 is 5.32 Å². The van der Waals surface area contributed by atoms with Crippen molar-refractivity contribution in [2.45, 2.75) is 26.4 Å². The maximum atomic E-state index is 13.3. The fourth-order valence-electron chi connectivity index (χ4n) is 4.61. The van der Waals surface area contributed by atoms with Crippen LogP contribution in [0.5, 0.6) is 0 Å². The van der Waals surface area contributed by atoms with Crippen LogP contribution in [-0.4, -0.2) is 53.6 Å². The van der Waals surface area contributed by atoms with Gasteiger partial charge in [0.2, 0.25) is 0 Å². The highest BCUT2D eigenvalue weighted by Crippen LogP contribution is 2.37. The number of carbonyl (C=O) groups excluding carboxylic acids is 3. The van der Waals surface area contributed by atoms with Crippen molar-refractivity contribution in [2.75, 3.05) is 25.5 Å². The quantitative estimate of drug-likeness (QED) is 0.340. The lowest BCUT2D eigenvalue weighted by Crippen LogP contribution is -2.58. The first kappa shape index (κ1) is 24.9. The second kappa shape index (κ2) is 9.28. The van der Waals surface area contributed by atoms with Crippen LogP contribution in [0.15, 0.2) is 42.5 Å². The highest BCUT2D eigenvalue weighted by molar-refractivity contribution is 7.21. The summed E-state index contributed by atoms with van der Waals surface area (Å²) >= 11 is 1.24. The zero-order valence-corrected chi connectivity index (χ0v) is 21.2. The minimum Gasteiger partial charge on any atom is -0.380 e. The van der Waals surface area contributed by atoms with Gasteiger partial charge in [0.1, 0.15) is 5.82 Å². The van der Waals surface area contributed by atoms with Crippen LogP contribution in [0.25, 0.3) is 21.0 Å². The third-order valence-corrected chi connectivity index (χ3v) is 7.71. The van der Waals surface area contributed by atoms with Crippen LogP contribution in [0.1, 0.15) is 48.4 Å². The molecule has 1 saturated heterocycles. The minimum absolute atomic E-state index is 0.0920. The van der Waals surface area contributed by atoms with E-state index < -0.39 is 24.9 Å². The molecule has 37 heavy (non-hydrogen) atoms. The van der Waals surface area contributed by atoms with E-state index in [4.69, 9.17) is 4.74 Å². The van der Waals surface area contributed by atoms with Gasteiger partial charge in [-0.15, -0.1) is 11.3 Å². The number of thiophene rings is 1. The normalized spacial score (nSPS) is 14.6. The number of aromatic nitrogens is 1.